The van der Waals surface area contributed by atoms with Gasteiger partial charge in [0, 0.05) is 11.1 Å². The minimum atomic E-state index is 0.280. The largest absolute Gasteiger partial charge is 0.496 e. The third-order valence-electron chi connectivity index (χ3n) is 4.55. The van der Waals surface area contributed by atoms with E-state index >= 15 is 0 Å². The van der Waals surface area contributed by atoms with E-state index in [0.29, 0.717) is 12.7 Å². The molecule has 23 heavy (non-hydrogen) atoms. The first-order valence-corrected chi connectivity index (χ1v) is 8.55. The van der Waals surface area contributed by atoms with Crippen molar-refractivity contribution in [2.24, 2.45) is 0 Å². The lowest BCUT2D eigenvalue weighted by Gasteiger charge is -2.24. The molecule has 0 aliphatic heterocycles. The maximum atomic E-state index is 6.12. The van der Waals surface area contributed by atoms with E-state index in [0.717, 1.165) is 41.2 Å². The van der Waals surface area contributed by atoms with Gasteiger partial charge in [-0.15, -0.1) is 0 Å². The van der Waals surface area contributed by atoms with Crippen LogP contribution >= 0.6 is 0 Å². The summed E-state index contributed by atoms with van der Waals surface area (Å²) in [7, 11) is 5.05. The normalized spacial score (nSPS) is 15.7. The Hall–Kier alpha value is -1.42. The second-order valence-corrected chi connectivity index (χ2v) is 6.44. The molecule has 0 heterocycles. The van der Waals surface area contributed by atoms with Crippen LogP contribution in [0.2, 0.25) is 0 Å². The highest BCUT2D eigenvalue weighted by Gasteiger charge is 2.23. The Morgan fingerprint density at radius 2 is 1.61 bits per heavy atom. The predicted molar refractivity (Wildman–Crippen MR) is 91.8 cm³/mol. The summed E-state index contributed by atoms with van der Waals surface area (Å²) in [6.45, 7) is 4.77. The molecule has 0 radical (unpaired) electrons. The molecule has 0 N–H and O–H groups in total. The van der Waals surface area contributed by atoms with Gasteiger partial charge < -0.3 is 18.9 Å². The van der Waals surface area contributed by atoms with Crippen molar-refractivity contribution in [1.82, 2.24) is 0 Å². The van der Waals surface area contributed by atoms with Gasteiger partial charge in [-0.3, -0.25) is 0 Å². The average Bonchev–Trinajstić information content (AvgIpc) is 2.58. The van der Waals surface area contributed by atoms with Crippen LogP contribution in [0.5, 0.6) is 17.2 Å². The highest BCUT2D eigenvalue weighted by Crippen LogP contribution is 2.44. The van der Waals surface area contributed by atoms with Crippen LogP contribution in [0.15, 0.2) is 6.07 Å². The number of benzene rings is 1. The topological polar surface area (TPSA) is 36.9 Å². The van der Waals surface area contributed by atoms with Crippen molar-refractivity contribution >= 4 is 0 Å². The van der Waals surface area contributed by atoms with E-state index in [9.17, 15) is 0 Å². The Balaban J connectivity index is 2.30. The van der Waals surface area contributed by atoms with E-state index in [-0.39, 0.29) is 5.92 Å². The standard InChI is InChI=1S/C19H30O4/c1-13(2)17-16(20-3)11-14(18(21-4)19(17)22-5)12-23-15-9-7-6-8-10-15/h11,13,15H,6-10,12H2,1-5H3. The zero-order valence-corrected chi connectivity index (χ0v) is 15.1. The Bertz CT molecular complexity index is 505. The van der Waals surface area contributed by atoms with Crippen molar-refractivity contribution < 1.29 is 18.9 Å². The maximum Gasteiger partial charge on any atom is 0.168 e. The average molecular weight is 322 g/mol. The molecule has 0 atom stereocenters. The zero-order chi connectivity index (χ0) is 16.8. The lowest BCUT2D eigenvalue weighted by atomic mass is 9.97. The van der Waals surface area contributed by atoms with Crippen LogP contribution in [0.25, 0.3) is 0 Å². The van der Waals surface area contributed by atoms with E-state index in [1.807, 2.05) is 6.07 Å². The van der Waals surface area contributed by atoms with E-state index in [1.165, 1.54) is 19.3 Å². The van der Waals surface area contributed by atoms with Crippen molar-refractivity contribution in [1.29, 1.82) is 0 Å². The second-order valence-electron chi connectivity index (χ2n) is 6.44. The molecule has 0 unspecified atom stereocenters. The van der Waals surface area contributed by atoms with Gasteiger partial charge in [0.05, 0.1) is 34.0 Å². The first-order chi connectivity index (χ1) is 11.1. The number of hydrogen-bond donors (Lipinski definition) is 0. The lowest BCUT2D eigenvalue weighted by molar-refractivity contribution is 0.0158. The van der Waals surface area contributed by atoms with Crippen LogP contribution < -0.4 is 14.2 Å². The third-order valence-corrected chi connectivity index (χ3v) is 4.55. The molecule has 0 aromatic heterocycles. The van der Waals surface area contributed by atoms with Gasteiger partial charge in [0.15, 0.2) is 11.5 Å². The molecule has 1 fully saturated rings. The molecule has 4 heteroatoms. The summed E-state index contributed by atoms with van der Waals surface area (Å²) in [6.07, 6.45) is 6.52. The Labute approximate surface area is 140 Å². The van der Waals surface area contributed by atoms with Gasteiger partial charge >= 0.3 is 0 Å². The molecule has 2 rings (SSSR count). The molecule has 0 saturated heterocycles. The molecule has 130 valence electrons. The van der Waals surface area contributed by atoms with Crippen LogP contribution in [0, 0.1) is 0 Å². The summed E-state index contributed by atoms with van der Waals surface area (Å²) in [4.78, 5) is 0. The monoisotopic (exact) mass is 322 g/mol. The number of rotatable bonds is 7. The maximum absolute atomic E-state index is 6.12. The Morgan fingerprint density at radius 3 is 2.13 bits per heavy atom. The molecule has 0 bridgehead atoms. The molecule has 1 aromatic carbocycles. The van der Waals surface area contributed by atoms with Crippen molar-refractivity contribution in [2.45, 2.75) is 64.6 Å². The molecular weight excluding hydrogens is 292 g/mol. The number of hydrogen-bond acceptors (Lipinski definition) is 4. The molecule has 1 aliphatic rings. The van der Waals surface area contributed by atoms with Gasteiger partial charge in [-0.25, -0.2) is 0 Å². The number of ether oxygens (including phenoxy) is 4. The van der Waals surface area contributed by atoms with Gasteiger partial charge in [-0.05, 0) is 24.8 Å². The van der Waals surface area contributed by atoms with Crippen molar-refractivity contribution in [3.63, 3.8) is 0 Å². The quantitative estimate of drug-likeness (QED) is 0.730. The summed E-state index contributed by atoms with van der Waals surface area (Å²) in [5, 5.41) is 0. The lowest BCUT2D eigenvalue weighted by Crippen LogP contribution is -2.16. The number of methoxy groups -OCH3 is 3. The van der Waals surface area contributed by atoms with Crippen molar-refractivity contribution in [2.75, 3.05) is 21.3 Å². The first-order valence-electron chi connectivity index (χ1n) is 8.55. The van der Waals surface area contributed by atoms with Gasteiger partial charge in [-0.2, -0.15) is 0 Å². The Kier molecular flexibility index (Phi) is 6.58. The molecule has 1 aromatic rings. The summed E-state index contributed by atoms with van der Waals surface area (Å²) in [6, 6.07) is 2.03. The molecule has 4 nitrogen and oxygen atoms in total. The van der Waals surface area contributed by atoms with Gasteiger partial charge in [0.2, 0.25) is 0 Å². The Morgan fingerprint density at radius 1 is 0.957 bits per heavy atom. The molecule has 1 saturated carbocycles. The van der Waals surface area contributed by atoms with Crippen LogP contribution in [-0.4, -0.2) is 27.4 Å². The van der Waals surface area contributed by atoms with Gasteiger partial charge in [0.25, 0.3) is 0 Å². The predicted octanol–water partition coefficient (Wildman–Crippen LogP) is 4.69. The van der Waals surface area contributed by atoms with Crippen molar-refractivity contribution in [3.8, 4) is 17.2 Å². The fourth-order valence-corrected chi connectivity index (χ4v) is 3.37. The van der Waals surface area contributed by atoms with E-state index < -0.39 is 0 Å². The van der Waals surface area contributed by atoms with Crippen molar-refractivity contribution in [3.05, 3.63) is 17.2 Å². The molecular formula is C19H30O4. The minimum absolute atomic E-state index is 0.280. The fourth-order valence-electron chi connectivity index (χ4n) is 3.37. The third kappa shape index (κ3) is 4.11. The summed E-state index contributed by atoms with van der Waals surface area (Å²) in [5.41, 5.74) is 2.02. The van der Waals surface area contributed by atoms with Crippen LogP contribution in [0.3, 0.4) is 0 Å². The van der Waals surface area contributed by atoms with Gasteiger partial charge in [0.1, 0.15) is 5.75 Å². The summed E-state index contributed by atoms with van der Waals surface area (Å²) < 4.78 is 23.0. The zero-order valence-electron chi connectivity index (χ0n) is 15.1. The SMILES string of the molecule is COc1cc(COC2CCCCC2)c(OC)c(OC)c1C(C)C. The highest BCUT2D eigenvalue weighted by molar-refractivity contribution is 5.59. The molecule has 1 aliphatic carbocycles. The van der Waals surface area contributed by atoms with Crippen LogP contribution in [0.1, 0.15) is 63.0 Å². The smallest absolute Gasteiger partial charge is 0.168 e. The first kappa shape index (κ1) is 17.9. The highest BCUT2D eigenvalue weighted by atomic mass is 16.5. The molecule has 0 amide bonds. The minimum Gasteiger partial charge on any atom is -0.496 e. The van der Waals surface area contributed by atoms with E-state index in [1.54, 1.807) is 21.3 Å². The van der Waals surface area contributed by atoms with E-state index in [4.69, 9.17) is 18.9 Å². The molecule has 0 spiro atoms. The second kappa shape index (κ2) is 8.44. The van der Waals surface area contributed by atoms with Gasteiger partial charge in [-0.1, -0.05) is 33.1 Å². The fraction of sp³-hybridized carbons (Fsp3) is 0.684. The summed E-state index contributed by atoms with van der Waals surface area (Å²) in [5.74, 6) is 2.62. The van der Waals surface area contributed by atoms with Crippen LogP contribution in [-0.2, 0) is 11.3 Å². The van der Waals surface area contributed by atoms with Crippen LogP contribution in [0.4, 0.5) is 0 Å². The van der Waals surface area contributed by atoms with E-state index in [2.05, 4.69) is 13.8 Å². The summed E-state index contributed by atoms with van der Waals surface area (Å²) >= 11 is 0.